The molecule has 0 radical (unpaired) electrons. The van der Waals surface area contributed by atoms with E-state index in [9.17, 15) is 0 Å². The second kappa shape index (κ2) is 6.06. The van der Waals surface area contributed by atoms with Gasteiger partial charge in [-0.3, -0.25) is 0 Å². The Bertz CT molecular complexity index is 373. The van der Waals surface area contributed by atoms with E-state index in [2.05, 4.69) is 39.8 Å². The van der Waals surface area contributed by atoms with Crippen LogP contribution in [0.2, 0.25) is 0 Å². The average molecular weight is 235 g/mol. The molecular weight excluding hydrogens is 210 g/mol. The normalized spacial score (nSPS) is 14.5. The molecule has 0 aliphatic heterocycles. The zero-order valence-corrected chi connectivity index (χ0v) is 11.7. The minimum absolute atomic E-state index is 0.0594. The van der Waals surface area contributed by atoms with Crippen molar-refractivity contribution < 1.29 is 4.74 Å². The van der Waals surface area contributed by atoms with Crippen LogP contribution in [0.3, 0.4) is 0 Å². The first-order valence-electron chi connectivity index (χ1n) is 6.42. The fraction of sp³-hybridized carbons (Fsp3) is 0.600. The molecule has 2 N–H and O–H groups in total. The second-order valence-electron chi connectivity index (χ2n) is 4.92. The first-order valence-corrected chi connectivity index (χ1v) is 6.42. The Balaban J connectivity index is 3.09. The molecule has 0 heterocycles. The van der Waals surface area contributed by atoms with Gasteiger partial charge in [0.15, 0.2) is 0 Å². The zero-order valence-electron chi connectivity index (χ0n) is 11.7. The first kappa shape index (κ1) is 14.0. The molecule has 2 nitrogen and oxygen atoms in total. The minimum atomic E-state index is 0.0594. The summed E-state index contributed by atoms with van der Waals surface area (Å²) in [5.41, 5.74) is 9.92. The molecule has 0 spiro atoms. The summed E-state index contributed by atoms with van der Waals surface area (Å²) in [5.74, 6) is 1.44. The smallest absolute Gasteiger partial charge is 0.126 e. The summed E-state index contributed by atoms with van der Waals surface area (Å²) in [6.45, 7) is 8.60. The van der Waals surface area contributed by atoms with Gasteiger partial charge in [0, 0.05) is 11.6 Å². The molecule has 2 atom stereocenters. The Labute approximate surface area is 105 Å². The molecule has 0 saturated heterocycles. The molecule has 2 heteroatoms. The number of aryl methyl sites for hydroxylation is 1. The van der Waals surface area contributed by atoms with E-state index < -0.39 is 0 Å². The maximum atomic E-state index is 6.34. The van der Waals surface area contributed by atoms with Gasteiger partial charge in [-0.15, -0.1) is 0 Å². The van der Waals surface area contributed by atoms with Crippen LogP contribution in [0.4, 0.5) is 0 Å². The van der Waals surface area contributed by atoms with Gasteiger partial charge in [0.1, 0.15) is 5.75 Å². The molecule has 96 valence electrons. The van der Waals surface area contributed by atoms with Crippen molar-refractivity contribution in [3.8, 4) is 5.75 Å². The lowest BCUT2D eigenvalue weighted by Gasteiger charge is -2.23. The van der Waals surface area contributed by atoms with Crippen LogP contribution < -0.4 is 10.5 Å². The molecule has 2 unspecified atom stereocenters. The first-order chi connectivity index (χ1) is 8.02. The van der Waals surface area contributed by atoms with Crippen LogP contribution in [0, 0.1) is 19.8 Å². The predicted octanol–water partition coefficient (Wildman–Crippen LogP) is 3.75. The van der Waals surface area contributed by atoms with Crippen LogP contribution in [0.1, 0.15) is 49.4 Å². The summed E-state index contributed by atoms with van der Waals surface area (Å²) in [6.07, 6.45) is 2.32. The van der Waals surface area contributed by atoms with E-state index in [1.165, 1.54) is 17.5 Å². The molecule has 0 aliphatic carbocycles. The Morgan fingerprint density at radius 2 is 1.94 bits per heavy atom. The lowest BCUT2D eigenvalue weighted by atomic mass is 9.89. The van der Waals surface area contributed by atoms with Gasteiger partial charge in [0.25, 0.3) is 0 Å². The number of hydrogen-bond donors (Lipinski definition) is 1. The molecule has 0 amide bonds. The van der Waals surface area contributed by atoms with E-state index in [4.69, 9.17) is 10.5 Å². The van der Waals surface area contributed by atoms with Gasteiger partial charge in [-0.2, -0.15) is 0 Å². The van der Waals surface area contributed by atoms with Crippen molar-refractivity contribution in [1.29, 1.82) is 0 Å². The van der Waals surface area contributed by atoms with Gasteiger partial charge in [-0.05, 0) is 37.3 Å². The standard InChI is InChI=1S/C15H25NO/c1-6-7-11(3)14(16)13-9-8-10(2)12(4)15(13)17-5/h8-9,11,14H,6-7,16H2,1-5H3. The number of benzene rings is 1. The topological polar surface area (TPSA) is 35.2 Å². The highest BCUT2D eigenvalue weighted by Crippen LogP contribution is 2.34. The van der Waals surface area contributed by atoms with Gasteiger partial charge < -0.3 is 10.5 Å². The number of ether oxygens (including phenoxy) is 1. The highest BCUT2D eigenvalue weighted by molar-refractivity contribution is 5.46. The van der Waals surface area contributed by atoms with Crippen LogP contribution in [-0.2, 0) is 0 Å². The monoisotopic (exact) mass is 235 g/mol. The molecule has 1 rings (SSSR count). The molecule has 0 saturated carbocycles. The van der Waals surface area contributed by atoms with Gasteiger partial charge in [0.05, 0.1) is 7.11 Å². The van der Waals surface area contributed by atoms with Crippen molar-refractivity contribution in [2.45, 2.75) is 46.6 Å². The maximum Gasteiger partial charge on any atom is 0.126 e. The number of nitrogens with two attached hydrogens (primary N) is 1. The highest BCUT2D eigenvalue weighted by atomic mass is 16.5. The fourth-order valence-electron chi connectivity index (χ4n) is 2.29. The number of methoxy groups -OCH3 is 1. The van der Waals surface area contributed by atoms with E-state index in [1.54, 1.807) is 7.11 Å². The van der Waals surface area contributed by atoms with Crippen LogP contribution in [-0.4, -0.2) is 7.11 Å². The van der Waals surface area contributed by atoms with Gasteiger partial charge in [-0.25, -0.2) is 0 Å². The van der Waals surface area contributed by atoms with Crippen LogP contribution in [0.25, 0.3) is 0 Å². The molecule has 1 aromatic rings. The Morgan fingerprint density at radius 3 is 2.47 bits per heavy atom. The van der Waals surface area contributed by atoms with Crippen LogP contribution in [0.15, 0.2) is 12.1 Å². The summed E-state index contributed by atoms with van der Waals surface area (Å²) < 4.78 is 5.53. The van der Waals surface area contributed by atoms with Crippen LogP contribution in [0.5, 0.6) is 5.75 Å². The summed E-state index contributed by atoms with van der Waals surface area (Å²) in [7, 11) is 1.72. The summed E-state index contributed by atoms with van der Waals surface area (Å²) in [6, 6.07) is 4.30. The lowest BCUT2D eigenvalue weighted by molar-refractivity contribution is 0.380. The second-order valence-corrected chi connectivity index (χ2v) is 4.92. The van der Waals surface area contributed by atoms with Gasteiger partial charge in [-0.1, -0.05) is 32.4 Å². The molecule has 0 fully saturated rings. The van der Waals surface area contributed by atoms with Crippen LogP contribution >= 0.6 is 0 Å². The summed E-state index contributed by atoms with van der Waals surface area (Å²) >= 11 is 0. The quantitative estimate of drug-likeness (QED) is 0.843. The molecular formula is C15H25NO. The van der Waals surface area contributed by atoms with Crippen molar-refractivity contribution in [1.82, 2.24) is 0 Å². The highest BCUT2D eigenvalue weighted by Gasteiger charge is 2.19. The van der Waals surface area contributed by atoms with E-state index in [-0.39, 0.29) is 6.04 Å². The SMILES string of the molecule is CCCC(C)C(N)c1ccc(C)c(C)c1OC. The average Bonchev–Trinajstić information content (AvgIpc) is 2.31. The Hall–Kier alpha value is -1.02. The van der Waals surface area contributed by atoms with Gasteiger partial charge in [0.2, 0.25) is 0 Å². The molecule has 0 bridgehead atoms. The van der Waals surface area contributed by atoms with Crippen molar-refractivity contribution in [2.75, 3.05) is 7.11 Å². The summed E-state index contributed by atoms with van der Waals surface area (Å²) in [5, 5.41) is 0. The van der Waals surface area contributed by atoms with E-state index in [1.807, 2.05) is 0 Å². The van der Waals surface area contributed by atoms with E-state index >= 15 is 0 Å². The lowest BCUT2D eigenvalue weighted by Crippen LogP contribution is -2.20. The molecule has 17 heavy (non-hydrogen) atoms. The summed E-state index contributed by atoms with van der Waals surface area (Å²) in [4.78, 5) is 0. The molecule has 0 aliphatic rings. The minimum Gasteiger partial charge on any atom is -0.496 e. The van der Waals surface area contributed by atoms with E-state index in [0.717, 1.165) is 17.7 Å². The maximum absolute atomic E-state index is 6.34. The number of hydrogen-bond acceptors (Lipinski definition) is 2. The fourth-order valence-corrected chi connectivity index (χ4v) is 2.29. The molecule has 1 aromatic carbocycles. The largest absolute Gasteiger partial charge is 0.496 e. The molecule has 0 aromatic heterocycles. The Morgan fingerprint density at radius 1 is 1.29 bits per heavy atom. The third kappa shape index (κ3) is 3.01. The van der Waals surface area contributed by atoms with Gasteiger partial charge >= 0.3 is 0 Å². The van der Waals surface area contributed by atoms with Crippen molar-refractivity contribution in [2.24, 2.45) is 11.7 Å². The Kier molecular flexibility index (Phi) is 5.01. The van der Waals surface area contributed by atoms with Crippen molar-refractivity contribution >= 4 is 0 Å². The van der Waals surface area contributed by atoms with Crippen molar-refractivity contribution in [3.63, 3.8) is 0 Å². The third-order valence-electron chi connectivity index (χ3n) is 3.63. The zero-order chi connectivity index (χ0) is 13.0. The third-order valence-corrected chi connectivity index (χ3v) is 3.63. The predicted molar refractivity (Wildman–Crippen MR) is 73.5 cm³/mol. The van der Waals surface area contributed by atoms with E-state index in [0.29, 0.717) is 5.92 Å². The van der Waals surface area contributed by atoms with Crippen molar-refractivity contribution in [3.05, 3.63) is 28.8 Å². The number of rotatable bonds is 5.